The van der Waals surface area contributed by atoms with Crippen LogP contribution in [0.25, 0.3) is 0 Å². The van der Waals surface area contributed by atoms with E-state index in [1.165, 1.54) is 11.0 Å². The molecule has 0 unspecified atom stereocenters. The van der Waals surface area contributed by atoms with Gasteiger partial charge in [-0.05, 0) is 38.3 Å². The maximum Gasteiger partial charge on any atom is 0.308 e. The number of carbonyl (C=O) groups is 2. The Labute approximate surface area is 132 Å². The van der Waals surface area contributed by atoms with Crippen LogP contribution >= 0.6 is 11.3 Å². The number of aliphatic carboxylic acids is 1. The van der Waals surface area contributed by atoms with E-state index in [1.807, 2.05) is 0 Å². The lowest BCUT2D eigenvalue weighted by atomic mass is 9.90. The molecule has 2 atom stereocenters. The standard InChI is InChI=1S/C13H18N2O5S2/c1-7-6-10(22(14,19)20)21-11(7)12(16)15-5-3-4-9(8(15)2)13(17)18/h6,8-9H,3-5H2,1-2H3,(H,17,18)(H2,14,19,20)/t8-,9-/m1/s1. The Balaban J connectivity index is 2.32. The molecule has 0 spiro atoms. The second-order valence-corrected chi connectivity index (χ2v) is 8.29. The minimum absolute atomic E-state index is 0.0622. The first-order chi connectivity index (χ1) is 10.1. The van der Waals surface area contributed by atoms with E-state index in [0.29, 0.717) is 29.8 Å². The number of carboxylic acids is 1. The molecule has 1 aliphatic rings. The molecular weight excluding hydrogens is 328 g/mol. The number of thiophene rings is 1. The highest BCUT2D eigenvalue weighted by Gasteiger charge is 2.36. The van der Waals surface area contributed by atoms with Crippen molar-refractivity contribution >= 4 is 33.2 Å². The second kappa shape index (κ2) is 5.98. The van der Waals surface area contributed by atoms with Crippen molar-refractivity contribution in [1.29, 1.82) is 0 Å². The molecule has 0 saturated carbocycles. The lowest BCUT2D eigenvalue weighted by Gasteiger charge is -2.37. The third-order valence-corrected chi connectivity index (χ3v) is 6.58. The molecule has 1 aromatic rings. The van der Waals surface area contributed by atoms with Crippen LogP contribution in [0.5, 0.6) is 0 Å². The first-order valence-electron chi connectivity index (χ1n) is 6.80. The Bertz CT molecular complexity index is 710. The molecule has 2 heterocycles. The topological polar surface area (TPSA) is 118 Å². The number of nitrogens with two attached hydrogens (primary N) is 1. The highest BCUT2D eigenvalue weighted by atomic mass is 32.2. The fourth-order valence-electron chi connectivity index (χ4n) is 2.70. The lowest BCUT2D eigenvalue weighted by Crippen LogP contribution is -2.49. The molecule has 1 aromatic heterocycles. The predicted octanol–water partition coefficient (Wildman–Crippen LogP) is 1.03. The van der Waals surface area contributed by atoms with Crippen LogP contribution in [0.15, 0.2) is 10.3 Å². The summed E-state index contributed by atoms with van der Waals surface area (Å²) >= 11 is 0.828. The number of aryl methyl sites for hydroxylation is 1. The van der Waals surface area contributed by atoms with Crippen LogP contribution in [0.4, 0.5) is 0 Å². The number of primary sulfonamides is 1. The molecular formula is C13H18N2O5S2. The van der Waals surface area contributed by atoms with Gasteiger partial charge >= 0.3 is 5.97 Å². The van der Waals surface area contributed by atoms with Crippen LogP contribution in [0.3, 0.4) is 0 Å². The summed E-state index contributed by atoms with van der Waals surface area (Å²) in [6.07, 6.45) is 1.14. The number of hydrogen-bond donors (Lipinski definition) is 2. The van der Waals surface area contributed by atoms with Gasteiger partial charge in [0.05, 0.1) is 10.8 Å². The quantitative estimate of drug-likeness (QED) is 0.847. The molecule has 0 aromatic carbocycles. The molecule has 1 fully saturated rings. The van der Waals surface area contributed by atoms with E-state index in [-0.39, 0.29) is 10.1 Å². The van der Waals surface area contributed by atoms with Crippen LogP contribution < -0.4 is 5.14 Å². The average Bonchev–Trinajstić information content (AvgIpc) is 2.80. The van der Waals surface area contributed by atoms with Gasteiger partial charge in [-0.3, -0.25) is 9.59 Å². The van der Waals surface area contributed by atoms with E-state index in [0.717, 1.165) is 11.3 Å². The number of carbonyl (C=O) groups excluding carboxylic acids is 1. The van der Waals surface area contributed by atoms with Crippen molar-refractivity contribution in [3.63, 3.8) is 0 Å². The summed E-state index contributed by atoms with van der Waals surface area (Å²) in [5.74, 6) is -1.86. The summed E-state index contributed by atoms with van der Waals surface area (Å²) in [6, 6.07) is 0.939. The summed E-state index contributed by atoms with van der Waals surface area (Å²) in [6.45, 7) is 3.81. The minimum atomic E-state index is -3.85. The van der Waals surface area contributed by atoms with Crippen LogP contribution in [-0.4, -0.2) is 42.9 Å². The molecule has 1 aliphatic heterocycles. The van der Waals surface area contributed by atoms with Crippen molar-refractivity contribution in [2.24, 2.45) is 11.1 Å². The second-order valence-electron chi connectivity index (χ2n) is 5.45. The Kier molecular flexibility index (Phi) is 4.59. The number of hydrogen-bond acceptors (Lipinski definition) is 5. The van der Waals surface area contributed by atoms with Gasteiger partial charge in [-0.15, -0.1) is 11.3 Å². The fourth-order valence-corrected chi connectivity index (χ4v) is 4.61. The van der Waals surface area contributed by atoms with Crippen LogP contribution in [-0.2, 0) is 14.8 Å². The summed E-state index contributed by atoms with van der Waals surface area (Å²) < 4.78 is 22.7. The number of nitrogens with zero attached hydrogens (tertiary/aromatic N) is 1. The van der Waals surface area contributed by atoms with Gasteiger partial charge in [0.1, 0.15) is 4.21 Å². The first kappa shape index (κ1) is 16.9. The Morgan fingerprint density at radius 3 is 2.59 bits per heavy atom. The molecule has 22 heavy (non-hydrogen) atoms. The van der Waals surface area contributed by atoms with Gasteiger partial charge in [-0.25, -0.2) is 13.6 Å². The number of amides is 1. The number of likely N-dealkylation sites (tertiary alicyclic amines) is 1. The third kappa shape index (κ3) is 3.16. The van der Waals surface area contributed by atoms with Crippen molar-refractivity contribution in [2.45, 2.75) is 36.9 Å². The van der Waals surface area contributed by atoms with Crippen LogP contribution in [0, 0.1) is 12.8 Å². The summed E-state index contributed by atoms with van der Waals surface area (Å²) in [4.78, 5) is 25.7. The number of carboxylic acid groups (broad SMARTS) is 1. The molecule has 0 bridgehead atoms. The van der Waals surface area contributed by atoms with Crippen molar-refractivity contribution in [3.05, 3.63) is 16.5 Å². The normalized spacial score (nSPS) is 22.6. The van der Waals surface area contributed by atoms with Gasteiger partial charge in [0.25, 0.3) is 5.91 Å². The van der Waals surface area contributed by atoms with E-state index >= 15 is 0 Å². The highest BCUT2D eigenvalue weighted by Crippen LogP contribution is 2.30. The van der Waals surface area contributed by atoms with Gasteiger partial charge < -0.3 is 10.0 Å². The first-order valence-corrected chi connectivity index (χ1v) is 9.16. The third-order valence-electron chi connectivity index (χ3n) is 3.94. The van der Waals surface area contributed by atoms with E-state index in [9.17, 15) is 23.1 Å². The average molecular weight is 346 g/mol. The monoisotopic (exact) mass is 346 g/mol. The molecule has 0 aliphatic carbocycles. The molecule has 0 radical (unpaired) electrons. The van der Waals surface area contributed by atoms with Gasteiger partial charge in [0, 0.05) is 12.6 Å². The van der Waals surface area contributed by atoms with E-state index in [2.05, 4.69) is 0 Å². The summed E-state index contributed by atoms with van der Waals surface area (Å²) in [5, 5.41) is 14.3. The molecule has 1 saturated heterocycles. The van der Waals surface area contributed by atoms with E-state index < -0.39 is 28.0 Å². The zero-order valence-electron chi connectivity index (χ0n) is 12.3. The minimum Gasteiger partial charge on any atom is -0.481 e. The maximum atomic E-state index is 12.6. The SMILES string of the molecule is Cc1cc(S(N)(=O)=O)sc1C(=O)N1CCC[C@@H](C(=O)O)[C@H]1C. The zero-order chi connectivity index (χ0) is 16.7. The van der Waals surface area contributed by atoms with Crippen molar-refractivity contribution in [3.8, 4) is 0 Å². The van der Waals surface area contributed by atoms with Crippen molar-refractivity contribution in [1.82, 2.24) is 4.90 Å². The summed E-state index contributed by atoms with van der Waals surface area (Å²) in [7, 11) is -3.85. The molecule has 7 nitrogen and oxygen atoms in total. The molecule has 9 heteroatoms. The summed E-state index contributed by atoms with van der Waals surface area (Å²) in [5.41, 5.74) is 0.531. The van der Waals surface area contributed by atoms with Crippen LogP contribution in [0.1, 0.15) is 35.0 Å². The van der Waals surface area contributed by atoms with E-state index in [1.54, 1.807) is 13.8 Å². The Hall–Kier alpha value is -1.45. The number of piperidine rings is 1. The smallest absolute Gasteiger partial charge is 0.308 e. The van der Waals surface area contributed by atoms with E-state index in [4.69, 9.17) is 5.14 Å². The van der Waals surface area contributed by atoms with Gasteiger partial charge in [-0.2, -0.15) is 0 Å². The molecule has 2 rings (SSSR count). The van der Waals surface area contributed by atoms with Crippen molar-refractivity contribution < 1.29 is 23.1 Å². The van der Waals surface area contributed by atoms with Gasteiger partial charge in [-0.1, -0.05) is 0 Å². The maximum absolute atomic E-state index is 12.6. The highest BCUT2D eigenvalue weighted by molar-refractivity contribution is 7.91. The Morgan fingerprint density at radius 2 is 2.09 bits per heavy atom. The lowest BCUT2D eigenvalue weighted by molar-refractivity contribution is -0.144. The molecule has 122 valence electrons. The van der Waals surface area contributed by atoms with Gasteiger partial charge in [0.15, 0.2) is 0 Å². The molecule has 1 amide bonds. The molecule has 3 N–H and O–H groups in total. The Morgan fingerprint density at radius 1 is 1.45 bits per heavy atom. The predicted molar refractivity (Wildman–Crippen MR) is 81.3 cm³/mol. The van der Waals surface area contributed by atoms with Gasteiger partial charge in [0.2, 0.25) is 10.0 Å². The van der Waals surface area contributed by atoms with Crippen molar-refractivity contribution in [2.75, 3.05) is 6.54 Å². The fraction of sp³-hybridized carbons (Fsp3) is 0.538. The largest absolute Gasteiger partial charge is 0.481 e. The number of sulfonamides is 1. The van der Waals surface area contributed by atoms with Crippen LogP contribution in [0.2, 0.25) is 0 Å². The zero-order valence-corrected chi connectivity index (χ0v) is 13.9. The number of rotatable bonds is 3.